The van der Waals surface area contributed by atoms with Gasteiger partial charge in [-0.1, -0.05) is 6.07 Å². The quantitative estimate of drug-likeness (QED) is 0.677. The molecule has 0 unspecified atom stereocenters. The SMILES string of the molecule is CS(=O)(=O)c1ccc2cc(COC(=O)c3ccncc3)ccc2n1. The van der Waals surface area contributed by atoms with E-state index in [9.17, 15) is 13.2 Å². The van der Waals surface area contributed by atoms with E-state index in [2.05, 4.69) is 9.97 Å². The number of ether oxygens (including phenoxy) is 1. The number of rotatable bonds is 4. The third kappa shape index (κ3) is 3.57. The molecule has 2 heterocycles. The maximum absolute atomic E-state index is 11.9. The fourth-order valence-corrected chi connectivity index (χ4v) is 2.75. The zero-order valence-electron chi connectivity index (χ0n) is 12.8. The van der Waals surface area contributed by atoms with Crippen molar-refractivity contribution in [3.05, 3.63) is 66.0 Å². The van der Waals surface area contributed by atoms with Gasteiger partial charge in [-0.3, -0.25) is 4.98 Å². The number of esters is 1. The molecule has 24 heavy (non-hydrogen) atoms. The molecule has 1 aromatic carbocycles. The van der Waals surface area contributed by atoms with Gasteiger partial charge in [0.05, 0.1) is 11.1 Å². The van der Waals surface area contributed by atoms with Crippen LogP contribution in [0.1, 0.15) is 15.9 Å². The van der Waals surface area contributed by atoms with Crippen molar-refractivity contribution in [2.75, 3.05) is 6.26 Å². The van der Waals surface area contributed by atoms with Crippen LogP contribution < -0.4 is 0 Å². The third-order valence-electron chi connectivity index (χ3n) is 3.39. The zero-order chi connectivity index (χ0) is 17.2. The highest BCUT2D eigenvalue weighted by molar-refractivity contribution is 7.90. The predicted molar refractivity (Wildman–Crippen MR) is 88.2 cm³/mol. The Labute approximate surface area is 139 Å². The van der Waals surface area contributed by atoms with Gasteiger partial charge in [0.25, 0.3) is 0 Å². The van der Waals surface area contributed by atoms with E-state index in [-0.39, 0.29) is 11.6 Å². The number of benzene rings is 1. The largest absolute Gasteiger partial charge is 0.457 e. The van der Waals surface area contributed by atoms with E-state index in [1.54, 1.807) is 30.3 Å². The topological polar surface area (TPSA) is 86.2 Å². The Morgan fingerprint density at radius 2 is 1.83 bits per heavy atom. The summed E-state index contributed by atoms with van der Waals surface area (Å²) in [5.74, 6) is -0.428. The normalized spacial score (nSPS) is 11.4. The lowest BCUT2D eigenvalue weighted by Gasteiger charge is -2.06. The van der Waals surface area contributed by atoms with Crippen molar-refractivity contribution >= 4 is 26.7 Å². The lowest BCUT2D eigenvalue weighted by molar-refractivity contribution is 0.0472. The molecule has 7 heteroatoms. The van der Waals surface area contributed by atoms with E-state index in [4.69, 9.17) is 4.74 Å². The van der Waals surface area contributed by atoms with Gasteiger partial charge in [-0.15, -0.1) is 0 Å². The molecule has 0 saturated carbocycles. The standard InChI is InChI=1S/C17H14N2O4S/c1-24(21,22)16-5-3-14-10-12(2-4-15(14)19-16)11-23-17(20)13-6-8-18-9-7-13/h2-10H,11H2,1H3. The van der Waals surface area contributed by atoms with E-state index in [0.29, 0.717) is 11.1 Å². The van der Waals surface area contributed by atoms with Gasteiger partial charge in [0.1, 0.15) is 6.61 Å². The summed E-state index contributed by atoms with van der Waals surface area (Å²) in [6.45, 7) is 0.116. The van der Waals surface area contributed by atoms with Crippen LogP contribution in [0.3, 0.4) is 0 Å². The number of pyridine rings is 2. The number of aromatic nitrogens is 2. The second-order valence-electron chi connectivity index (χ2n) is 5.26. The van der Waals surface area contributed by atoms with Gasteiger partial charge in [0.2, 0.25) is 0 Å². The van der Waals surface area contributed by atoms with Crippen molar-refractivity contribution in [2.24, 2.45) is 0 Å². The Morgan fingerprint density at radius 1 is 1.08 bits per heavy atom. The molecule has 0 fully saturated rings. The maximum atomic E-state index is 11.9. The Hall–Kier alpha value is -2.80. The molecule has 0 N–H and O–H groups in total. The molecule has 6 nitrogen and oxygen atoms in total. The van der Waals surface area contributed by atoms with E-state index < -0.39 is 15.8 Å². The van der Waals surface area contributed by atoms with Crippen LogP contribution in [0, 0.1) is 0 Å². The maximum Gasteiger partial charge on any atom is 0.338 e. The van der Waals surface area contributed by atoms with Crippen LogP contribution in [0.25, 0.3) is 10.9 Å². The van der Waals surface area contributed by atoms with Crippen LogP contribution in [-0.4, -0.2) is 30.6 Å². The molecule has 2 aromatic heterocycles. The molecule has 0 saturated heterocycles. The lowest BCUT2D eigenvalue weighted by atomic mass is 10.1. The first-order valence-corrected chi connectivity index (χ1v) is 8.99. The molecule has 3 rings (SSSR count). The summed E-state index contributed by atoms with van der Waals surface area (Å²) >= 11 is 0. The molecule has 0 spiro atoms. The number of carbonyl (C=O) groups excluding carboxylic acids is 1. The van der Waals surface area contributed by atoms with Crippen molar-refractivity contribution in [3.8, 4) is 0 Å². The highest BCUT2D eigenvalue weighted by atomic mass is 32.2. The predicted octanol–water partition coefficient (Wildman–Crippen LogP) is 2.39. The summed E-state index contributed by atoms with van der Waals surface area (Å²) in [5, 5.41) is 0.812. The van der Waals surface area contributed by atoms with Gasteiger partial charge in [-0.05, 0) is 42.0 Å². The number of hydrogen-bond acceptors (Lipinski definition) is 6. The number of carbonyl (C=O) groups is 1. The smallest absolute Gasteiger partial charge is 0.338 e. The molecule has 0 aliphatic carbocycles. The van der Waals surface area contributed by atoms with Crippen LogP contribution in [0.4, 0.5) is 0 Å². The molecule has 3 aromatic rings. The molecule has 0 radical (unpaired) electrons. The highest BCUT2D eigenvalue weighted by Crippen LogP contribution is 2.18. The van der Waals surface area contributed by atoms with Crippen molar-refractivity contribution in [1.82, 2.24) is 9.97 Å². The Bertz CT molecular complexity index is 1000. The number of hydrogen-bond donors (Lipinski definition) is 0. The molecule has 122 valence electrons. The summed E-state index contributed by atoms with van der Waals surface area (Å²) in [6.07, 6.45) is 4.17. The first kappa shape index (κ1) is 16.1. The molecular formula is C17H14N2O4S. The van der Waals surface area contributed by atoms with Gasteiger partial charge in [0.15, 0.2) is 14.9 Å². The summed E-state index contributed by atoms with van der Waals surface area (Å²) < 4.78 is 28.3. The number of sulfone groups is 1. The van der Waals surface area contributed by atoms with Crippen LogP contribution in [-0.2, 0) is 21.2 Å². The number of fused-ring (bicyclic) bond motifs is 1. The molecule has 0 aliphatic rings. The minimum absolute atomic E-state index is 0.0341. The van der Waals surface area contributed by atoms with Crippen LogP contribution in [0.5, 0.6) is 0 Å². The van der Waals surface area contributed by atoms with Crippen molar-refractivity contribution in [3.63, 3.8) is 0 Å². The molecule has 0 aliphatic heterocycles. The van der Waals surface area contributed by atoms with Crippen molar-refractivity contribution in [1.29, 1.82) is 0 Å². The Morgan fingerprint density at radius 3 is 2.54 bits per heavy atom. The monoisotopic (exact) mass is 342 g/mol. The molecule has 0 atom stereocenters. The summed E-state index contributed by atoms with van der Waals surface area (Å²) in [5.41, 5.74) is 1.80. The molecule has 0 bridgehead atoms. The fraction of sp³-hybridized carbons (Fsp3) is 0.118. The van der Waals surface area contributed by atoms with Gasteiger partial charge in [0, 0.05) is 24.0 Å². The van der Waals surface area contributed by atoms with Crippen LogP contribution in [0.15, 0.2) is 59.9 Å². The second-order valence-corrected chi connectivity index (χ2v) is 7.22. The zero-order valence-corrected chi connectivity index (χ0v) is 13.7. The fourth-order valence-electron chi connectivity index (χ4n) is 2.17. The van der Waals surface area contributed by atoms with E-state index in [0.717, 1.165) is 17.2 Å². The average Bonchev–Trinajstić information content (AvgIpc) is 2.59. The second kappa shape index (κ2) is 6.37. The van der Waals surface area contributed by atoms with Crippen molar-refractivity contribution < 1.29 is 17.9 Å². The van der Waals surface area contributed by atoms with E-state index in [1.165, 1.54) is 18.5 Å². The van der Waals surface area contributed by atoms with Gasteiger partial charge in [-0.2, -0.15) is 0 Å². The molecular weight excluding hydrogens is 328 g/mol. The van der Waals surface area contributed by atoms with Gasteiger partial charge < -0.3 is 4.74 Å². The molecule has 0 amide bonds. The van der Waals surface area contributed by atoms with Crippen LogP contribution in [0.2, 0.25) is 0 Å². The summed E-state index contributed by atoms with van der Waals surface area (Å²) in [4.78, 5) is 19.9. The van der Waals surface area contributed by atoms with Gasteiger partial charge in [-0.25, -0.2) is 18.2 Å². The summed E-state index contributed by atoms with van der Waals surface area (Å²) in [7, 11) is -3.34. The Balaban J connectivity index is 1.78. The Kier molecular flexibility index (Phi) is 4.26. The highest BCUT2D eigenvalue weighted by Gasteiger charge is 2.10. The van der Waals surface area contributed by atoms with E-state index in [1.807, 2.05) is 6.07 Å². The van der Waals surface area contributed by atoms with Crippen LogP contribution >= 0.6 is 0 Å². The third-order valence-corrected chi connectivity index (χ3v) is 4.38. The van der Waals surface area contributed by atoms with Crippen molar-refractivity contribution in [2.45, 2.75) is 11.6 Å². The minimum atomic E-state index is -3.34. The average molecular weight is 342 g/mol. The first-order valence-electron chi connectivity index (χ1n) is 7.10. The number of nitrogens with zero attached hydrogens (tertiary/aromatic N) is 2. The first-order chi connectivity index (χ1) is 11.4. The van der Waals surface area contributed by atoms with Gasteiger partial charge >= 0.3 is 5.97 Å². The minimum Gasteiger partial charge on any atom is -0.457 e. The lowest BCUT2D eigenvalue weighted by Crippen LogP contribution is -2.05. The summed E-state index contributed by atoms with van der Waals surface area (Å²) in [6, 6.07) is 11.6. The van der Waals surface area contributed by atoms with E-state index >= 15 is 0 Å².